The molecule has 0 bridgehead atoms. The maximum atomic E-state index is 12.8. The van der Waals surface area contributed by atoms with E-state index in [0.717, 1.165) is 22.6 Å². The van der Waals surface area contributed by atoms with Crippen LogP contribution in [0, 0.1) is 10.1 Å². The van der Waals surface area contributed by atoms with Crippen LogP contribution in [-0.4, -0.2) is 46.8 Å². The topological polar surface area (TPSA) is 119 Å². The Hall–Kier alpha value is -4.02. The number of nitrogens with zero attached hydrogens (tertiary/aromatic N) is 2. The van der Waals surface area contributed by atoms with E-state index < -0.39 is 16.7 Å². The molecule has 5 rings (SSSR count). The van der Waals surface area contributed by atoms with E-state index in [4.69, 9.17) is 4.74 Å². The maximum absolute atomic E-state index is 12.8. The second kappa shape index (κ2) is 9.92. The molecule has 2 aliphatic rings. The smallest absolute Gasteiger partial charge is 0.269 e. The number of non-ortho nitro benzene ring substituents is 1. The van der Waals surface area contributed by atoms with Gasteiger partial charge in [-0.15, -0.1) is 0 Å². The van der Waals surface area contributed by atoms with Gasteiger partial charge in [0.1, 0.15) is 0 Å². The Kier molecular flexibility index (Phi) is 6.53. The van der Waals surface area contributed by atoms with Crippen LogP contribution in [0.5, 0.6) is 0 Å². The van der Waals surface area contributed by atoms with E-state index in [1.54, 1.807) is 24.3 Å². The van der Waals surface area contributed by atoms with Crippen molar-refractivity contribution in [3.8, 4) is 0 Å². The lowest BCUT2D eigenvalue weighted by Gasteiger charge is -2.17. The van der Waals surface area contributed by atoms with Gasteiger partial charge in [0.2, 0.25) is 0 Å². The average Bonchev–Trinajstić information content (AvgIpc) is 3.48. The first kappa shape index (κ1) is 23.7. The second-order valence-corrected chi connectivity index (χ2v) is 9.59. The molecular formula is C26H21N3O6S. The summed E-state index contributed by atoms with van der Waals surface area (Å²) in [5.74, 6) is -1.17. The molecule has 9 nitrogen and oxygen atoms in total. The van der Waals surface area contributed by atoms with E-state index in [0.29, 0.717) is 17.9 Å². The average molecular weight is 504 g/mol. The van der Waals surface area contributed by atoms with Crippen molar-refractivity contribution in [2.75, 3.05) is 18.5 Å². The Bertz CT molecular complexity index is 1350. The van der Waals surface area contributed by atoms with Crippen molar-refractivity contribution in [1.29, 1.82) is 0 Å². The maximum Gasteiger partial charge on any atom is 0.269 e. The summed E-state index contributed by atoms with van der Waals surface area (Å²) in [5, 5.41) is 13.6. The molecule has 2 aliphatic heterocycles. The molecule has 0 aliphatic carbocycles. The minimum absolute atomic E-state index is 0.0329. The fourth-order valence-corrected chi connectivity index (χ4v) is 4.99. The van der Waals surface area contributed by atoms with Gasteiger partial charge in [-0.05, 0) is 67.4 Å². The number of anilines is 1. The van der Waals surface area contributed by atoms with Gasteiger partial charge in [-0.2, -0.15) is 0 Å². The van der Waals surface area contributed by atoms with Gasteiger partial charge in [0.15, 0.2) is 0 Å². The van der Waals surface area contributed by atoms with Gasteiger partial charge in [-0.1, -0.05) is 11.8 Å². The van der Waals surface area contributed by atoms with Crippen LogP contribution in [0.3, 0.4) is 0 Å². The molecule has 0 saturated carbocycles. The van der Waals surface area contributed by atoms with Crippen molar-refractivity contribution in [3.05, 3.63) is 93.5 Å². The van der Waals surface area contributed by atoms with Gasteiger partial charge in [0.25, 0.3) is 23.4 Å². The molecule has 3 amide bonds. The molecule has 1 atom stereocenters. The van der Waals surface area contributed by atoms with Gasteiger partial charge in [0, 0.05) is 39.8 Å². The number of imide groups is 1. The zero-order chi connectivity index (χ0) is 25.2. The Morgan fingerprint density at radius 2 is 1.67 bits per heavy atom. The summed E-state index contributed by atoms with van der Waals surface area (Å²) < 4.78 is 5.56. The van der Waals surface area contributed by atoms with Crippen molar-refractivity contribution >= 4 is 40.9 Å². The number of amides is 3. The van der Waals surface area contributed by atoms with Crippen LogP contribution in [0.2, 0.25) is 0 Å². The molecule has 1 saturated heterocycles. The van der Waals surface area contributed by atoms with Crippen LogP contribution < -0.4 is 5.32 Å². The quantitative estimate of drug-likeness (QED) is 0.280. The van der Waals surface area contributed by atoms with Crippen LogP contribution in [0.1, 0.15) is 43.9 Å². The standard InChI is InChI=1S/C26H21N3O6S/c30-24(27-17-4-8-20(9-5-17)36-21-10-6-18(7-11-21)29(33)34)16-3-12-22-23(14-16)26(32)28(25(22)31)15-19-2-1-13-35-19/h3-12,14,19H,1-2,13,15H2,(H,27,30). The lowest BCUT2D eigenvalue weighted by Crippen LogP contribution is -2.36. The van der Waals surface area contributed by atoms with E-state index in [2.05, 4.69) is 5.32 Å². The molecular weight excluding hydrogens is 482 g/mol. The van der Waals surface area contributed by atoms with E-state index in [-0.39, 0.29) is 35.4 Å². The molecule has 1 N–H and O–H groups in total. The van der Waals surface area contributed by atoms with Crippen molar-refractivity contribution in [2.45, 2.75) is 28.7 Å². The zero-order valence-corrected chi connectivity index (χ0v) is 19.8. The monoisotopic (exact) mass is 503 g/mol. The molecule has 0 radical (unpaired) electrons. The number of benzene rings is 3. The number of carbonyl (C=O) groups is 3. The summed E-state index contributed by atoms with van der Waals surface area (Å²) in [6.45, 7) is 0.854. The van der Waals surface area contributed by atoms with Crippen LogP contribution in [0.15, 0.2) is 76.5 Å². The summed E-state index contributed by atoms with van der Waals surface area (Å²) in [6, 6.07) is 17.9. The van der Waals surface area contributed by atoms with E-state index in [1.807, 2.05) is 12.1 Å². The molecule has 3 aromatic rings. The summed E-state index contributed by atoms with van der Waals surface area (Å²) in [5.41, 5.74) is 1.39. The number of ether oxygens (including phenoxy) is 1. The fourth-order valence-electron chi connectivity index (χ4n) is 4.17. The lowest BCUT2D eigenvalue weighted by molar-refractivity contribution is -0.384. The minimum Gasteiger partial charge on any atom is -0.376 e. The number of nitro groups is 1. The number of hydrogen-bond acceptors (Lipinski definition) is 7. The number of nitrogens with one attached hydrogen (secondary N) is 1. The normalized spacial score (nSPS) is 16.8. The highest BCUT2D eigenvalue weighted by atomic mass is 32.2. The lowest BCUT2D eigenvalue weighted by atomic mass is 10.1. The van der Waals surface area contributed by atoms with Gasteiger partial charge < -0.3 is 10.1 Å². The predicted molar refractivity (Wildman–Crippen MR) is 132 cm³/mol. The Labute approximate surface area is 210 Å². The minimum atomic E-state index is -0.442. The fraction of sp³-hybridized carbons (Fsp3) is 0.192. The number of nitro benzene ring substituents is 1. The van der Waals surface area contributed by atoms with Gasteiger partial charge in [-0.25, -0.2) is 0 Å². The SMILES string of the molecule is O=C(Nc1ccc(Sc2ccc([N+](=O)[O-])cc2)cc1)c1ccc2c(c1)C(=O)N(CC1CCCO1)C2=O. The summed E-state index contributed by atoms with van der Waals surface area (Å²) in [6.07, 6.45) is 1.58. The largest absolute Gasteiger partial charge is 0.376 e. The predicted octanol–water partition coefficient (Wildman–Crippen LogP) is 4.77. The van der Waals surface area contributed by atoms with E-state index in [1.165, 1.54) is 47.0 Å². The molecule has 10 heteroatoms. The van der Waals surface area contributed by atoms with E-state index in [9.17, 15) is 24.5 Å². The third-order valence-electron chi connectivity index (χ3n) is 6.04. The number of carbonyl (C=O) groups excluding carboxylic acids is 3. The molecule has 2 heterocycles. The van der Waals surface area contributed by atoms with Gasteiger partial charge in [-0.3, -0.25) is 29.4 Å². The van der Waals surface area contributed by atoms with Crippen LogP contribution in [0.25, 0.3) is 0 Å². The molecule has 0 aromatic heterocycles. The molecule has 1 fully saturated rings. The highest BCUT2D eigenvalue weighted by Gasteiger charge is 2.38. The third-order valence-corrected chi connectivity index (χ3v) is 7.05. The highest BCUT2D eigenvalue weighted by molar-refractivity contribution is 7.99. The second-order valence-electron chi connectivity index (χ2n) is 8.45. The van der Waals surface area contributed by atoms with Crippen molar-refractivity contribution < 1.29 is 24.0 Å². The summed E-state index contributed by atoms with van der Waals surface area (Å²) in [7, 11) is 0. The molecule has 3 aromatic carbocycles. The first-order chi connectivity index (χ1) is 17.4. The summed E-state index contributed by atoms with van der Waals surface area (Å²) >= 11 is 1.44. The van der Waals surface area contributed by atoms with Gasteiger partial charge >= 0.3 is 0 Å². The van der Waals surface area contributed by atoms with Crippen LogP contribution in [-0.2, 0) is 4.74 Å². The first-order valence-corrected chi connectivity index (χ1v) is 12.2. The molecule has 182 valence electrons. The number of hydrogen-bond donors (Lipinski definition) is 1. The number of fused-ring (bicyclic) bond motifs is 1. The van der Waals surface area contributed by atoms with Crippen molar-refractivity contribution in [2.24, 2.45) is 0 Å². The van der Waals surface area contributed by atoms with Crippen molar-refractivity contribution in [1.82, 2.24) is 4.90 Å². The molecule has 0 spiro atoms. The third kappa shape index (κ3) is 4.86. The molecule has 1 unspecified atom stereocenters. The van der Waals surface area contributed by atoms with Crippen molar-refractivity contribution in [3.63, 3.8) is 0 Å². The molecule has 36 heavy (non-hydrogen) atoms. The van der Waals surface area contributed by atoms with Gasteiger partial charge in [0.05, 0.1) is 28.7 Å². The Morgan fingerprint density at radius 3 is 2.31 bits per heavy atom. The first-order valence-electron chi connectivity index (χ1n) is 11.3. The highest BCUT2D eigenvalue weighted by Crippen LogP contribution is 2.30. The Morgan fingerprint density at radius 1 is 1.00 bits per heavy atom. The Balaban J connectivity index is 1.23. The van der Waals surface area contributed by atoms with Crippen LogP contribution >= 0.6 is 11.8 Å². The summed E-state index contributed by atoms with van der Waals surface area (Å²) in [4.78, 5) is 51.7. The zero-order valence-electron chi connectivity index (χ0n) is 19.0. The van der Waals surface area contributed by atoms with Crippen LogP contribution in [0.4, 0.5) is 11.4 Å². The number of rotatable bonds is 7. The van der Waals surface area contributed by atoms with E-state index >= 15 is 0 Å².